The monoisotopic (exact) mass is 379 g/mol. The summed E-state index contributed by atoms with van der Waals surface area (Å²) in [5.41, 5.74) is 1.48. The molecule has 0 amide bonds. The first-order chi connectivity index (χ1) is 12.4. The molecule has 0 bridgehead atoms. The van der Waals surface area contributed by atoms with E-state index in [4.69, 9.17) is 4.74 Å². The molecule has 1 fully saturated rings. The molecule has 0 aliphatic carbocycles. The Bertz CT molecular complexity index is 864. The number of methoxy groups -OCH3 is 1. The SMILES string of the molecule is COc1ccc(S(=O)(=O)Nc2ccc(N3CCN(C)CC3)cc2)cc1F. The first kappa shape index (κ1) is 18.5. The lowest BCUT2D eigenvalue weighted by Gasteiger charge is -2.34. The van der Waals surface area contributed by atoms with Crippen molar-refractivity contribution in [2.45, 2.75) is 4.90 Å². The first-order valence-electron chi connectivity index (χ1n) is 8.29. The summed E-state index contributed by atoms with van der Waals surface area (Å²) in [6.07, 6.45) is 0. The second-order valence-electron chi connectivity index (χ2n) is 6.24. The number of piperazine rings is 1. The maximum absolute atomic E-state index is 13.8. The predicted octanol–water partition coefficient (Wildman–Crippen LogP) is 2.39. The zero-order chi connectivity index (χ0) is 18.7. The van der Waals surface area contributed by atoms with Crippen molar-refractivity contribution in [3.8, 4) is 5.75 Å². The molecule has 140 valence electrons. The molecule has 26 heavy (non-hydrogen) atoms. The van der Waals surface area contributed by atoms with Gasteiger partial charge in [0, 0.05) is 37.6 Å². The van der Waals surface area contributed by atoms with Gasteiger partial charge in [-0.1, -0.05) is 0 Å². The molecule has 8 heteroatoms. The van der Waals surface area contributed by atoms with Gasteiger partial charge in [-0.15, -0.1) is 0 Å². The van der Waals surface area contributed by atoms with Gasteiger partial charge in [-0.25, -0.2) is 12.8 Å². The van der Waals surface area contributed by atoms with Crippen molar-refractivity contribution in [2.24, 2.45) is 0 Å². The molecular formula is C18H22FN3O3S. The zero-order valence-electron chi connectivity index (χ0n) is 14.8. The quantitative estimate of drug-likeness (QED) is 0.864. The molecule has 3 rings (SSSR count). The smallest absolute Gasteiger partial charge is 0.262 e. The number of benzene rings is 2. The highest BCUT2D eigenvalue weighted by Crippen LogP contribution is 2.24. The topological polar surface area (TPSA) is 61.9 Å². The van der Waals surface area contributed by atoms with Crippen LogP contribution in [-0.4, -0.2) is 53.7 Å². The molecule has 1 N–H and O–H groups in total. The minimum Gasteiger partial charge on any atom is -0.494 e. The molecule has 1 saturated heterocycles. The van der Waals surface area contributed by atoms with Crippen molar-refractivity contribution < 1.29 is 17.5 Å². The van der Waals surface area contributed by atoms with Crippen molar-refractivity contribution in [3.05, 3.63) is 48.3 Å². The van der Waals surface area contributed by atoms with E-state index in [1.165, 1.54) is 19.2 Å². The van der Waals surface area contributed by atoms with E-state index in [0.29, 0.717) is 5.69 Å². The Hall–Kier alpha value is -2.32. The molecular weight excluding hydrogens is 357 g/mol. The van der Waals surface area contributed by atoms with Crippen molar-refractivity contribution in [1.29, 1.82) is 0 Å². The molecule has 2 aromatic carbocycles. The summed E-state index contributed by atoms with van der Waals surface area (Å²) >= 11 is 0. The van der Waals surface area contributed by atoms with Gasteiger partial charge in [0.05, 0.1) is 12.0 Å². The van der Waals surface area contributed by atoms with Gasteiger partial charge in [0.2, 0.25) is 0 Å². The van der Waals surface area contributed by atoms with Gasteiger partial charge in [-0.2, -0.15) is 0 Å². The summed E-state index contributed by atoms with van der Waals surface area (Å²) in [5.74, 6) is -0.721. The van der Waals surface area contributed by atoms with Crippen LogP contribution in [0.15, 0.2) is 47.4 Å². The van der Waals surface area contributed by atoms with Crippen LogP contribution < -0.4 is 14.4 Å². The third kappa shape index (κ3) is 4.08. The van der Waals surface area contributed by atoms with Crippen LogP contribution in [0.3, 0.4) is 0 Å². The van der Waals surface area contributed by atoms with Crippen LogP contribution in [0.4, 0.5) is 15.8 Å². The second-order valence-corrected chi connectivity index (χ2v) is 7.92. The van der Waals surface area contributed by atoms with E-state index in [1.54, 1.807) is 12.1 Å². The fraction of sp³-hybridized carbons (Fsp3) is 0.333. The lowest BCUT2D eigenvalue weighted by atomic mass is 10.2. The van der Waals surface area contributed by atoms with Crippen LogP contribution in [0.25, 0.3) is 0 Å². The standard InChI is InChI=1S/C18H22FN3O3S/c1-21-9-11-22(12-10-21)15-5-3-14(4-6-15)20-26(23,24)16-7-8-18(25-2)17(19)13-16/h3-8,13,20H,9-12H2,1-2H3. The molecule has 1 aliphatic rings. The molecule has 0 radical (unpaired) electrons. The highest BCUT2D eigenvalue weighted by Gasteiger charge is 2.18. The maximum atomic E-state index is 13.8. The van der Waals surface area contributed by atoms with Gasteiger partial charge in [-0.3, -0.25) is 4.72 Å². The molecule has 0 unspecified atom stereocenters. The third-order valence-electron chi connectivity index (χ3n) is 4.42. The normalized spacial score (nSPS) is 15.7. The van der Waals surface area contributed by atoms with Crippen LogP contribution in [0.5, 0.6) is 5.75 Å². The fourth-order valence-corrected chi connectivity index (χ4v) is 3.90. The number of hydrogen-bond donors (Lipinski definition) is 1. The lowest BCUT2D eigenvalue weighted by molar-refractivity contribution is 0.313. The van der Waals surface area contributed by atoms with Crippen LogP contribution >= 0.6 is 0 Å². The molecule has 0 atom stereocenters. The van der Waals surface area contributed by atoms with E-state index in [2.05, 4.69) is 21.6 Å². The number of nitrogens with one attached hydrogen (secondary N) is 1. The Morgan fingerprint density at radius 2 is 1.69 bits per heavy atom. The van der Waals surface area contributed by atoms with Crippen LogP contribution in [-0.2, 0) is 10.0 Å². The molecule has 1 aliphatic heterocycles. The van der Waals surface area contributed by atoms with E-state index in [9.17, 15) is 12.8 Å². The van der Waals surface area contributed by atoms with Gasteiger partial charge < -0.3 is 14.5 Å². The van der Waals surface area contributed by atoms with Crippen molar-refractivity contribution in [1.82, 2.24) is 4.90 Å². The average Bonchev–Trinajstić information content (AvgIpc) is 2.63. The van der Waals surface area contributed by atoms with Crippen LogP contribution in [0.1, 0.15) is 0 Å². The molecule has 0 saturated carbocycles. The zero-order valence-corrected chi connectivity index (χ0v) is 15.6. The van der Waals surface area contributed by atoms with Crippen LogP contribution in [0.2, 0.25) is 0 Å². The van der Waals surface area contributed by atoms with Gasteiger partial charge in [0.1, 0.15) is 0 Å². The van der Waals surface area contributed by atoms with E-state index >= 15 is 0 Å². The summed E-state index contributed by atoms with van der Waals surface area (Å²) in [6, 6.07) is 10.7. The Labute approximate surface area is 153 Å². The number of sulfonamides is 1. The summed E-state index contributed by atoms with van der Waals surface area (Å²) in [4.78, 5) is 4.38. The maximum Gasteiger partial charge on any atom is 0.262 e. The van der Waals surface area contributed by atoms with Gasteiger partial charge in [0.25, 0.3) is 10.0 Å². The Kier molecular flexibility index (Phi) is 5.33. The highest BCUT2D eigenvalue weighted by molar-refractivity contribution is 7.92. The first-order valence-corrected chi connectivity index (χ1v) is 9.77. The summed E-state index contributed by atoms with van der Waals surface area (Å²) in [5, 5.41) is 0. The van der Waals surface area contributed by atoms with Crippen molar-refractivity contribution >= 4 is 21.4 Å². The number of ether oxygens (including phenoxy) is 1. The van der Waals surface area contributed by atoms with E-state index in [0.717, 1.165) is 37.9 Å². The Morgan fingerprint density at radius 3 is 2.27 bits per heavy atom. The van der Waals surface area contributed by atoms with Crippen molar-refractivity contribution in [3.63, 3.8) is 0 Å². The summed E-state index contributed by atoms with van der Waals surface area (Å²) in [7, 11) is -0.451. The largest absolute Gasteiger partial charge is 0.494 e. The third-order valence-corrected chi connectivity index (χ3v) is 5.80. The second kappa shape index (κ2) is 7.51. The van der Waals surface area contributed by atoms with Crippen LogP contribution in [0, 0.1) is 5.82 Å². The number of halogens is 1. The van der Waals surface area contributed by atoms with E-state index in [1.807, 2.05) is 12.1 Å². The molecule has 0 spiro atoms. The minimum atomic E-state index is -3.87. The summed E-state index contributed by atoms with van der Waals surface area (Å²) < 4.78 is 45.9. The Morgan fingerprint density at radius 1 is 1.04 bits per heavy atom. The summed E-state index contributed by atoms with van der Waals surface area (Å²) in [6.45, 7) is 3.87. The van der Waals surface area contributed by atoms with Gasteiger partial charge >= 0.3 is 0 Å². The lowest BCUT2D eigenvalue weighted by Crippen LogP contribution is -2.44. The van der Waals surface area contributed by atoms with Crippen molar-refractivity contribution in [2.75, 3.05) is 50.0 Å². The molecule has 2 aromatic rings. The molecule has 1 heterocycles. The predicted molar refractivity (Wildman–Crippen MR) is 99.9 cm³/mol. The Balaban J connectivity index is 1.72. The van der Waals surface area contributed by atoms with Gasteiger partial charge in [0.15, 0.2) is 11.6 Å². The minimum absolute atomic E-state index is 0.000444. The van der Waals surface area contributed by atoms with E-state index < -0.39 is 15.8 Å². The van der Waals surface area contributed by atoms with Gasteiger partial charge in [-0.05, 0) is 49.5 Å². The number of anilines is 2. The highest BCUT2D eigenvalue weighted by atomic mass is 32.2. The number of rotatable bonds is 5. The molecule has 6 nitrogen and oxygen atoms in total. The average molecular weight is 379 g/mol. The fourth-order valence-electron chi connectivity index (χ4n) is 2.83. The molecule has 0 aromatic heterocycles. The van der Waals surface area contributed by atoms with E-state index in [-0.39, 0.29) is 10.6 Å². The number of nitrogens with zero attached hydrogens (tertiary/aromatic N) is 2. The number of hydrogen-bond acceptors (Lipinski definition) is 5. The number of likely N-dealkylation sites (N-methyl/N-ethyl adjacent to an activating group) is 1.